The van der Waals surface area contributed by atoms with E-state index in [0.717, 1.165) is 17.0 Å². The third-order valence-corrected chi connectivity index (χ3v) is 3.46. The van der Waals surface area contributed by atoms with E-state index >= 15 is 0 Å². The van der Waals surface area contributed by atoms with Gasteiger partial charge in [-0.2, -0.15) is 0 Å². The first-order chi connectivity index (χ1) is 9.69. The van der Waals surface area contributed by atoms with Crippen LogP contribution in [-0.4, -0.2) is 5.91 Å². The van der Waals surface area contributed by atoms with Gasteiger partial charge in [-0.1, -0.05) is 25.5 Å². The third-order valence-electron chi connectivity index (χ3n) is 3.16. The maximum Gasteiger partial charge on any atom is 0.255 e. The van der Waals surface area contributed by atoms with Crippen LogP contribution in [0.25, 0.3) is 0 Å². The van der Waals surface area contributed by atoms with Gasteiger partial charge in [0.25, 0.3) is 5.91 Å². The molecule has 2 nitrogen and oxygen atoms in total. The minimum atomic E-state index is -0.0843. The molecule has 2 rings (SSSR count). The van der Waals surface area contributed by atoms with Crippen molar-refractivity contribution in [3.63, 3.8) is 0 Å². The molecule has 0 heterocycles. The van der Waals surface area contributed by atoms with Crippen LogP contribution < -0.4 is 5.32 Å². The first-order valence-electron chi connectivity index (χ1n) is 6.88. The molecule has 104 valence electrons. The molecule has 0 unspecified atom stereocenters. The molecule has 0 saturated heterocycles. The Kier molecular flexibility index (Phi) is 5.24. The van der Waals surface area contributed by atoms with E-state index < -0.39 is 0 Å². The number of carbonyl (C=O) groups excluding carboxylic acids is 1. The zero-order valence-corrected chi connectivity index (χ0v) is 12.5. The van der Waals surface area contributed by atoms with E-state index in [4.69, 9.17) is 0 Å². The van der Waals surface area contributed by atoms with Crippen LogP contribution in [0.1, 0.15) is 35.7 Å². The first kappa shape index (κ1) is 14.7. The Balaban J connectivity index is 2.00. The Morgan fingerprint density at radius 3 is 2.30 bits per heavy atom. The molecule has 0 bridgehead atoms. The van der Waals surface area contributed by atoms with Crippen LogP contribution >= 0.6 is 12.6 Å². The van der Waals surface area contributed by atoms with Crippen molar-refractivity contribution in [2.24, 2.45) is 0 Å². The van der Waals surface area contributed by atoms with Crippen molar-refractivity contribution in [2.45, 2.75) is 31.1 Å². The first-order valence-corrected chi connectivity index (χ1v) is 7.33. The molecule has 0 radical (unpaired) electrons. The molecular formula is C17H19NOS. The van der Waals surface area contributed by atoms with Crippen molar-refractivity contribution in [1.82, 2.24) is 0 Å². The second kappa shape index (κ2) is 7.15. The summed E-state index contributed by atoms with van der Waals surface area (Å²) in [5.74, 6) is -0.0843. The SMILES string of the molecule is CCCCc1ccc(C(=O)Nc2ccc(S)cc2)cc1. The van der Waals surface area contributed by atoms with Gasteiger partial charge in [0, 0.05) is 16.1 Å². The fourth-order valence-electron chi connectivity index (χ4n) is 1.95. The molecule has 2 aromatic carbocycles. The molecule has 3 heteroatoms. The number of aryl methyl sites for hydroxylation is 1. The minimum Gasteiger partial charge on any atom is -0.322 e. The highest BCUT2D eigenvalue weighted by atomic mass is 32.1. The van der Waals surface area contributed by atoms with Crippen molar-refractivity contribution in [2.75, 3.05) is 5.32 Å². The Bertz CT molecular complexity index is 561. The van der Waals surface area contributed by atoms with Gasteiger partial charge >= 0.3 is 0 Å². The van der Waals surface area contributed by atoms with Gasteiger partial charge in [-0.15, -0.1) is 12.6 Å². The molecule has 20 heavy (non-hydrogen) atoms. The van der Waals surface area contributed by atoms with Crippen LogP contribution in [0.4, 0.5) is 5.69 Å². The van der Waals surface area contributed by atoms with Crippen molar-refractivity contribution in [3.8, 4) is 0 Å². The highest BCUT2D eigenvalue weighted by Gasteiger charge is 2.05. The zero-order chi connectivity index (χ0) is 14.4. The highest BCUT2D eigenvalue weighted by Crippen LogP contribution is 2.14. The summed E-state index contributed by atoms with van der Waals surface area (Å²) in [5.41, 5.74) is 2.74. The molecule has 0 fully saturated rings. The fraction of sp³-hybridized carbons (Fsp3) is 0.235. The lowest BCUT2D eigenvalue weighted by molar-refractivity contribution is 0.102. The number of rotatable bonds is 5. The second-order valence-corrected chi connectivity index (χ2v) is 5.32. The second-order valence-electron chi connectivity index (χ2n) is 4.80. The lowest BCUT2D eigenvalue weighted by Gasteiger charge is -2.06. The maximum atomic E-state index is 12.1. The number of anilines is 1. The Morgan fingerprint density at radius 2 is 1.70 bits per heavy atom. The Hall–Kier alpha value is -1.74. The smallest absolute Gasteiger partial charge is 0.255 e. The Labute approximate surface area is 125 Å². The number of benzene rings is 2. The van der Waals surface area contributed by atoms with E-state index in [1.54, 1.807) is 0 Å². The molecule has 0 saturated carbocycles. The van der Waals surface area contributed by atoms with Gasteiger partial charge in [-0.3, -0.25) is 4.79 Å². The molecule has 0 atom stereocenters. The summed E-state index contributed by atoms with van der Waals surface area (Å²) in [7, 11) is 0. The highest BCUT2D eigenvalue weighted by molar-refractivity contribution is 7.80. The number of amides is 1. The summed E-state index contributed by atoms with van der Waals surface area (Å²) in [6.07, 6.45) is 3.44. The monoisotopic (exact) mass is 285 g/mol. The molecular weight excluding hydrogens is 266 g/mol. The number of unbranched alkanes of at least 4 members (excludes halogenated alkanes) is 1. The predicted octanol–water partition coefficient (Wildman–Crippen LogP) is 4.57. The normalized spacial score (nSPS) is 10.3. The zero-order valence-electron chi connectivity index (χ0n) is 11.6. The molecule has 0 aromatic heterocycles. The molecule has 0 aliphatic heterocycles. The summed E-state index contributed by atoms with van der Waals surface area (Å²) in [4.78, 5) is 13.0. The van der Waals surface area contributed by atoms with Crippen LogP contribution in [0, 0.1) is 0 Å². The maximum absolute atomic E-state index is 12.1. The van der Waals surface area contributed by atoms with E-state index in [1.807, 2.05) is 48.5 Å². The predicted molar refractivity (Wildman–Crippen MR) is 86.7 cm³/mol. The average molecular weight is 285 g/mol. The van der Waals surface area contributed by atoms with Crippen molar-refractivity contribution in [3.05, 3.63) is 59.7 Å². The number of carbonyl (C=O) groups is 1. The third kappa shape index (κ3) is 4.14. The topological polar surface area (TPSA) is 29.1 Å². The molecule has 1 N–H and O–H groups in total. The van der Waals surface area contributed by atoms with Gasteiger partial charge in [-0.25, -0.2) is 0 Å². The number of hydrogen-bond donors (Lipinski definition) is 2. The van der Waals surface area contributed by atoms with Crippen LogP contribution in [0.5, 0.6) is 0 Å². The molecule has 0 aliphatic rings. The molecule has 1 amide bonds. The lowest BCUT2D eigenvalue weighted by Crippen LogP contribution is -2.11. The number of nitrogens with one attached hydrogen (secondary N) is 1. The van der Waals surface area contributed by atoms with Crippen LogP contribution in [0.15, 0.2) is 53.4 Å². The van der Waals surface area contributed by atoms with E-state index in [1.165, 1.54) is 18.4 Å². The molecule has 0 aliphatic carbocycles. The van der Waals surface area contributed by atoms with E-state index in [0.29, 0.717) is 5.56 Å². The molecule has 0 spiro atoms. The number of hydrogen-bond acceptors (Lipinski definition) is 2. The largest absolute Gasteiger partial charge is 0.322 e. The van der Waals surface area contributed by atoms with E-state index in [9.17, 15) is 4.79 Å². The van der Waals surface area contributed by atoms with Gasteiger partial charge < -0.3 is 5.32 Å². The summed E-state index contributed by atoms with van der Waals surface area (Å²) in [6, 6.07) is 15.2. The summed E-state index contributed by atoms with van der Waals surface area (Å²) in [5, 5.41) is 2.88. The lowest BCUT2D eigenvalue weighted by atomic mass is 10.1. The van der Waals surface area contributed by atoms with Crippen LogP contribution in [0.3, 0.4) is 0 Å². The molecule has 2 aromatic rings. The average Bonchev–Trinajstić information content (AvgIpc) is 2.48. The van der Waals surface area contributed by atoms with Gasteiger partial charge in [0.1, 0.15) is 0 Å². The van der Waals surface area contributed by atoms with E-state index in [2.05, 4.69) is 24.9 Å². The van der Waals surface area contributed by atoms with Gasteiger partial charge in [0.05, 0.1) is 0 Å². The van der Waals surface area contributed by atoms with Crippen LogP contribution in [0.2, 0.25) is 0 Å². The summed E-state index contributed by atoms with van der Waals surface area (Å²) < 4.78 is 0. The minimum absolute atomic E-state index is 0.0843. The summed E-state index contributed by atoms with van der Waals surface area (Å²) >= 11 is 4.22. The number of thiol groups is 1. The van der Waals surface area contributed by atoms with Crippen molar-refractivity contribution in [1.29, 1.82) is 0 Å². The van der Waals surface area contributed by atoms with E-state index in [-0.39, 0.29) is 5.91 Å². The van der Waals surface area contributed by atoms with Gasteiger partial charge in [0.15, 0.2) is 0 Å². The van der Waals surface area contributed by atoms with Gasteiger partial charge in [0.2, 0.25) is 0 Å². The van der Waals surface area contributed by atoms with Crippen molar-refractivity contribution >= 4 is 24.2 Å². The quantitative estimate of drug-likeness (QED) is 0.774. The van der Waals surface area contributed by atoms with Crippen molar-refractivity contribution < 1.29 is 4.79 Å². The standard InChI is InChI=1S/C17H19NOS/c1-2-3-4-13-5-7-14(8-6-13)17(19)18-15-9-11-16(20)12-10-15/h5-12,20H,2-4H2,1H3,(H,18,19). The van der Waals surface area contributed by atoms with Gasteiger partial charge in [-0.05, 0) is 54.8 Å². The van der Waals surface area contributed by atoms with Crippen LogP contribution in [-0.2, 0) is 6.42 Å². The summed E-state index contributed by atoms with van der Waals surface area (Å²) in [6.45, 7) is 2.18. The Morgan fingerprint density at radius 1 is 1.05 bits per heavy atom. The fourth-order valence-corrected chi connectivity index (χ4v) is 2.10.